The molecule has 0 spiro atoms. The van der Waals surface area contributed by atoms with Crippen molar-refractivity contribution >= 4 is 29.7 Å². The van der Waals surface area contributed by atoms with Crippen LogP contribution >= 0.6 is 11.8 Å². The quantitative estimate of drug-likeness (QED) is 0.725. The van der Waals surface area contributed by atoms with Crippen LogP contribution in [0, 0.1) is 0 Å². The second-order valence-corrected chi connectivity index (χ2v) is 5.70. The lowest BCUT2D eigenvalue weighted by molar-refractivity contribution is -0.136. The van der Waals surface area contributed by atoms with Crippen molar-refractivity contribution in [3.05, 3.63) is 35.9 Å². The molecule has 0 bridgehead atoms. The number of amides is 3. The fraction of sp³-hybridized carbons (Fsp3) is 0.308. The number of carbonyl (C=O) groups is 3. The standard InChI is InChI=1S/C13H16N2O4S/c1-8(11(16)15-13(14)19)20-10(12(17)18)7-9-5-3-2-4-6-9/h2-6,8,10H,7H2,1H3,(H,17,18)(H3,14,15,16,19). The summed E-state index contributed by atoms with van der Waals surface area (Å²) in [6.45, 7) is 1.53. The van der Waals surface area contributed by atoms with Gasteiger partial charge in [-0.3, -0.25) is 14.9 Å². The largest absolute Gasteiger partial charge is 0.480 e. The highest BCUT2D eigenvalue weighted by Gasteiger charge is 2.25. The van der Waals surface area contributed by atoms with Gasteiger partial charge in [0.15, 0.2) is 0 Å². The number of hydrogen-bond donors (Lipinski definition) is 3. The minimum atomic E-state index is -1.00. The van der Waals surface area contributed by atoms with Crippen molar-refractivity contribution in [2.75, 3.05) is 0 Å². The van der Waals surface area contributed by atoms with Crippen LogP contribution < -0.4 is 11.1 Å². The zero-order valence-electron chi connectivity index (χ0n) is 10.9. The lowest BCUT2D eigenvalue weighted by Gasteiger charge is -2.16. The Morgan fingerprint density at radius 3 is 2.40 bits per heavy atom. The molecule has 0 fully saturated rings. The van der Waals surface area contributed by atoms with Gasteiger partial charge in [-0.1, -0.05) is 30.3 Å². The predicted molar refractivity (Wildman–Crippen MR) is 76.3 cm³/mol. The number of hydrogen-bond acceptors (Lipinski definition) is 4. The third-order valence-electron chi connectivity index (χ3n) is 2.52. The van der Waals surface area contributed by atoms with E-state index in [4.69, 9.17) is 5.73 Å². The number of carboxylic acid groups (broad SMARTS) is 1. The third-order valence-corrected chi connectivity index (χ3v) is 3.84. The van der Waals surface area contributed by atoms with Gasteiger partial charge in [-0.15, -0.1) is 11.8 Å². The second-order valence-electron chi connectivity index (χ2n) is 4.15. The van der Waals surface area contributed by atoms with Gasteiger partial charge in [0.1, 0.15) is 5.25 Å². The first-order valence-electron chi connectivity index (χ1n) is 5.92. The molecule has 0 aliphatic rings. The van der Waals surface area contributed by atoms with Gasteiger partial charge in [0.2, 0.25) is 5.91 Å². The lowest BCUT2D eigenvalue weighted by Crippen LogP contribution is -2.40. The summed E-state index contributed by atoms with van der Waals surface area (Å²) < 4.78 is 0. The summed E-state index contributed by atoms with van der Waals surface area (Å²) in [5.74, 6) is -1.60. The Kier molecular flexibility index (Phi) is 6.05. The van der Waals surface area contributed by atoms with Crippen LogP contribution in [-0.4, -0.2) is 33.5 Å². The number of aliphatic carboxylic acids is 1. The van der Waals surface area contributed by atoms with Crippen LogP contribution in [0.4, 0.5) is 4.79 Å². The van der Waals surface area contributed by atoms with E-state index in [9.17, 15) is 19.5 Å². The molecule has 20 heavy (non-hydrogen) atoms. The molecule has 1 aromatic rings. The van der Waals surface area contributed by atoms with Crippen molar-refractivity contribution < 1.29 is 19.5 Å². The molecule has 2 unspecified atom stereocenters. The summed E-state index contributed by atoms with van der Waals surface area (Å²) in [5, 5.41) is 9.68. The number of carboxylic acids is 1. The van der Waals surface area contributed by atoms with Crippen LogP contribution in [0.5, 0.6) is 0 Å². The maximum absolute atomic E-state index is 11.5. The van der Waals surface area contributed by atoms with Gasteiger partial charge in [-0.05, 0) is 18.9 Å². The third kappa shape index (κ3) is 5.31. The number of benzene rings is 1. The Morgan fingerprint density at radius 2 is 1.90 bits per heavy atom. The molecular weight excluding hydrogens is 280 g/mol. The zero-order chi connectivity index (χ0) is 15.1. The summed E-state index contributed by atoms with van der Waals surface area (Å²) in [6, 6.07) is 8.19. The number of carbonyl (C=O) groups excluding carboxylic acids is 2. The second kappa shape index (κ2) is 7.54. The van der Waals surface area contributed by atoms with E-state index < -0.39 is 28.4 Å². The first kappa shape index (κ1) is 16.0. The number of nitrogens with two attached hydrogens (primary N) is 1. The van der Waals surface area contributed by atoms with E-state index in [0.717, 1.165) is 17.3 Å². The van der Waals surface area contributed by atoms with Crippen molar-refractivity contribution in [1.29, 1.82) is 0 Å². The Hall–Kier alpha value is -2.02. The number of imide groups is 1. The Labute approximate surface area is 120 Å². The molecule has 0 saturated heterocycles. The zero-order valence-corrected chi connectivity index (χ0v) is 11.7. The number of rotatable bonds is 6. The molecule has 0 aromatic heterocycles. The van der Waals surface area contributed by atoms with Crippen molar-refractivity contribution in [3.8, 4) is 0 Å². The predicted octanol–water partition coefficient (Wildman–Crippen LogP) is 0.999. The van der Waals surface area contributed by atoms with E-state index >= 15 is 0 Å². The van der Waals surface area contributed by atoms with Gasteiger partial charge in [-0.2, -0.15) is 0 Å². The van der Waals surface area contributed by atoms with Gasteiger partial charge in [0.25, 0.3) is 0 Å². The minimum absolute atomic E-state index is 0.301. The Bertz CT molecular complexity index is 492. The number of thioether (sulfide) groups is 1. The van der Waals surface area contributed by atoms with Crippen LogP contribution in [0.2, 0.25) is 0 Å². The van der Waals surface area contributed by atoms with Crippen LogP contribution in [0.25, 0.3) is 0 Å². The van der Waals surface area contributed by atoms with Gasteiger partial charge in [0.05, 0.1) is 5.25 Å². The Balaban J connectivity index is 2.66. The van der Waals surface area contributed by atoms with E-state index in [0.29, 0.717) is 6.42 Å². The topological polar surface area (TPSA) is 109 Å². The number of nitrogens with one attached hydrogen (secondary N) is 1. The van der Waals surface area contributed by atoms with E-state index in [1.807, 2.05) is 35.6 Å². The van der Waals surface area contributed by atoms with Crippen LogP contribution in [0.1, 0.15) is 12.5 Å². The monoisotopic (exact) mass is 296 g/mol. The van der Waals surface area contributed by atoms with Crippen molar-refractivity contribution in [3.63, 3.8) is 0 Å². The molecule has 0 heterocycles. The number of urea groups is 1. The summed E-state index contributed by atoms with van der Waals surface area (Å²) >= 11 is 0.978. The summed E-state index contributed by atoms with van der Waals surface area (Å²) in [5.41, 5.74) is 5.72. The molecule has 108 valence electrons. The molecule has 4 N–H and O–H groups in total. The summed E-state index contributed by atoms with van der Waals surface area (Å²) in [6.07, 6.45) is 0.301. The molecule has 1 aromatic carbocycles. The van der Waals surface area contributed by atoms with Gasteiger partial charge in [-0.25, -0.2) is 4.79 Å². The molecule has 3 amide bonds. The maximum Gasteiger partial charge on any atom is 0.318 e. The van der Waals surface area contributed by atoms with E-state index in [1.54, 1.807) is 0 Å². The van der Waals surface area contributed by atoms with E-state index in [2.05, 4.69) is 0 Å². The van der Waals surface area contributed by atoms with Gasteiger partial charge >= 0.3 is 12.0 Å². The SMILES string of the molecule is CC(SC(Cc1ccccc1)C(=O)O)C(=O)NC(N)=O. The van der Waals surface area contributed by atoms with Crippen molar-refractivity contribution in [2.24, 2.45) is 5.73 Å². The first-order valence-corrected chi connectivity index (χ1v) is 6.87. The Morgan fingerprint density at radius 1 is 1.30 bits per heavy atom. The van der Waals surface area contributed by atoms with Gasteiger partial charge in [0, 0.05) is 0 Å². The van der Waals surface area contributed by atoms with Crippen LogP contribution in [-0.2, 0) is 16.0 Å². The van der Waals surface area contributed by atoms with Crippen molar-refractivity contribution in [2.45, 2.75) is 23.8 Å². The molecule has 0 aliphatic carbocycles. The van der Waals surface area contributed by atoms with Crippen molar-refractivity contribution in [1.82, 2.24) is 5.32 Å². The average molecular weight is 296 g/mol. The molecule has 1 rings (SSSR count). The first-order chi connectivity index (χ1) is 9.40. The highest BCUT2D eigenvalue weighted by atomic mass is 32.2. The molecule has 6 nitrogen and oxygen atoms in total. The maximum atomic E-state index is 11.5. The minimum Gasteiger partial charge on any atom is -0.480 e. The fourth-order valence-corrected chi connectivity index (χ4v) is 2.63. The lowest BCUT2D eigenvalue weighted by atomic mass is 10.1. The number of primary amides is 1. The highest BCUT2D eigenvalue weighted by Crippen LogP contribution is 2.22. The highest BCUT2D eigenvalue weighted by molar-refractivity contribution is 8.01. The summed E-state index contributed by atoms with van der Waals surface area (Å²) in [7, 11) is 0. The normalized spacial score (nSPS) is 13.2. The average Bonchev–Trinajstić information content (AvgIpc) is 2.38. The molecule has 2 atom stereocenters. The van der Waals surface area contributed by atoms with Gasteiger partial charge < -0.3 is 10.8 Å². The molecule has 0 saturated carbocycles. The fourth-order valence-electron chi connectivity index (χ4n) is 1.55. The molecule has 0 aliphatic heterocycles. The van der Waals surface area contributed by atoms with Crippen LogP contribution in [0.3, 0.4) is 0 Å². The van der Waals surface area contributed by atoms with E-state index in [1.165, 1.54) is 6.92 Å². The molecule has 0 radical (unpaired) electrons. The smallest absolute Gasteiger partial charge is 0.318 e. The molecule has 7 heteroatoms. The van der Waals surface area contributed by atoms with E-state index in [-0.39, 0.29) is 0 Å². The van der Waals surface area contributed by atoms with Crippen LogP contribution in [0.15, 0.2) is 30.3 Å². The summed E-state index contributed by atoms with van der Waals surface area (Å²) in [4.78, 5) is 33.4. The molecular formula is C13H16N2O4S.